The van der Waals surface area contributed by atoms with E-state index in [2.05, 4.69) is 0 Å². The van der Waals surface area contributed by atoms with Crippen LogP contribution in [0.4, 0.5) is 0 Å². The Labute approximate surface area is 65.4 Å². The summed E-state index contributed by atoms with van der Waals surface area (Å²) in [6.07, 6.45) is 3.75. The third-order valence-electron chi connectivity index (χ3n) is 1.41. The molecule has 1 radical (unpaired) electrons. The van der Waals surface area contributed by atoms with Gasteiger partial charge in [-0.25, -0.2) is 0 Å². The number of nitrogens with one attached hydrogen (secondary N) is 1. The van der Waals surface area contributed by atoms with Crippen LogP contribution in [0.3, 0.4) is 0 Å². The Hall–Kier alpha value is -1.44. The fourth-order valence-electron chi connectivity index (χ4n) is 0.827. The Kier molecular flexibility index (Phi) is 2.55. The number of rotatable bonds is 3. The van der Waals surface area contributed by atoms with E-state index in [0.29, 0.717) is 12.0 Å². The fraction of sp³-hybridized carbons (Fsp3) is 0.111. The van der Waals surface area contributed by atoms with Gasteiger partial charge >= 0.3 is 0 Å². The zero-order valence-corrected chi connectivity index (χ0v) is 6.00. The molecule has 0 aliphatic heterocycles. The molecule has 0 fully saturated rings. The van der Waals surface area contributed by atoms with Gasteiger partial charge in [-0.15, -0.1) is 0 Å². The van der Waals surface area contributed by atoms with Crippen LogP contribution in [0, 0.1) is 5.41 Å². The first-order chi connectivity index (χ1) is 5.36. The van der Waals surface area contributed by atoms with Crippen LogP contribution in [-0.4, -0.2) is 12.5 Å². The molecule has 1 rings (SSSR count). The molecular weight excluding hydrogens is 138 g/mol. The van der Waals surface area contributed by atoms with Crippen molar-refractivity contribution in [2.24, 2.45) is 0 Å². The van der Waals surface area contributed by atoms with E-state index in [4.69, 9.17) is 5.41 Å². The largest absolute Gasteiger partial charge is 0.313 e. The van der Waals surface area contributed by atoms with E-state index in [1.54, 1.807) is 18.4 Å². The Morgan fingerprint density at radius 1 is 1.36 bits per heavy atom. The molecule has 0 aliphatic carbocycles. The highest BCUT2D eigenvalue weighted by atomic mass is 16.1. The van der Waals surface area contributed by atoms with Gasteiger partial charge in [0.05, 0.1) is 0 Å². The van der Waals surface area contributed by atoms with Crippen LogP contribution in [0.5, 0.6) is 0 Å². The van der Waals surface area contributed by atoms with Gasteiger partial charge in [-0.3, -0.25) is 4.79 Å². The van der Waals surface area contributed by atoms with Gasteiger partial charge < -0.3 is 5.41 Å². The highest BCUT2D eigenvalue weighted by molar-refractivity contribution is 5.75. The predicted octanol–water partition coefficient (Wildman–Crippen LogP) is 1.34. The molecule has 1 aromatic rings. The normalized spacial score (nSPS) is 9.09. The number of benzene rings is 1. The molecule has 0 aliphatic rings. The second-order valence-corrected chi connectivity index (χ2v) is 2.21. The Morgan fingerprint density at radius 3 is 2.45 bits per heavy atom. The molecule has 0 amide bonds. The summed E-state index contributed by atoms with van der Waals surface area (Å²) in [4.78, 5) is 10.1. The SMILES string of the molecule is N=CCc1ccc([C]=O)cc1. The van der Waals surface area contributed by atoms with Gasteiger partial charge in [0.25, 0.3) is 0 Å². The van der Waals surface area contributed by atoms with Gasteiger partial charge in [0, 0.05) is 12.0 Å². The molecule has 2 heteroatoms. The molecule has 0 unspecified atom stereocenters. The third-order valence-corrected chi connectivity index (χ3v) is 1.41. The molecule has 1 N–H and O–H groups in total. The minimum absolute atomic E-state index is 0.554. The first kappa shape index (κ1) is 7.66. The first-order valence-corrected chi connectivity index (χ1v) is 3.33. The summed E-state index contributed by atoms with van der Waals surface area (Å²) in [7, 11) is 0. The lowest BCUT2D eigenvalue weighted by molar-refractivity contribution is 0.563. The molecule has 11 heavy (non-hydrogen) atoms. The predicted molar refractivity (Wildman–Crippen MR) is 43.7 cm³/mol. The van der Waals surface area contributed by atoms with Crippen molar-refractivity contribution in [3.8, 4) is 0 Å². The van der Waals surface area contributed by atoms with Gasteiger partial charge in [-0.05, 0) is 11.8 Å². The van der Waals surface area contributed by atoms with Crippen molar-refractivity contribution in [2.45, 2.75) is 6.42 Å². The van der Waals surface area contributed by atoms with E-state index >= 15 is 0 Å². The second-order valence-electron chi connectivity index (χ2n) is 2.21. The van der Waals surface area contributed by atoms with E-state index in [1.165, 1.54) is 6.21 Å². The summed E-state index contributed by atoms with van der Waals surface area (Å²) in [5.41, 5.74) is 1.60. The Balaban J connectivity index is 2.81. The average Bonchev–Trinajstić information content (AvgIpc) is 2.07. The molecule has 1 aromatic carbocycles. The number of carbonyl (C=O) groups excluding carboxylic acids is 1. The van der Waals surface area contributed by atoms with Crippen LogP contribution in [-0.2, 0) is 11.2 Å². The summed E-state index contributed by atoms with van der Waals surface area (Å²) in [6, 6.07) is 7.05. The zero-order chi connectivity index (χ0) is 8.10. The van der Waals surface area contributed by atoms with E-state index in [-0.39, 0.29) is 0 Å². The summed E-state index contributed by atoms with van der Waals surface area (Å²) < 4.78 is 0. The van der Waals surface area contributed by atoms with Crippen LogP contribution < -0.4 is 0 Å². The van der Waals surface area contributed by atoms with Crippen LogP contribution >= 0.6 is 0 Å². The van der Waals surface area contributed by atoms with Gasteiger partial charge in [0.1, 0.15) is 0 Å². The van der Waals surface area contributed by atoms with Crippen molar-refractivity contribution in [1.29, 1.82) is 5.41 Å². The zero-order valence-electron chi connectivity index (χ0n) is 6.00. The Morgan fingerprint density at radius 2 is 2.00 bits per heavy atom. The number of hydrogen-bond donors (Lipinski definition) is 1. The summed E-state index contributed by atoms with van der Waals surface area (Å²) >= 11 is 0. The smallest absolute Gasteiger partial charge is 0.233 e. The molecule has 2 nitrogen and oxygen atoms in total. The topological polar surface area (TPSA) is 40.9 Å². The maximum absolute atomic E-state index is 10.1. The average molecular weight is 146 g/mol. The van der Waals surface area contributed by atoms with E-state index < -0.39 is 0 Å². The maximum atomic E-state index is 10.1. The van der Waals surface area contributed by atoms with Crippen molar-refractivity contribution < 1.29 is 4.79 Å². The standard InChI is InChI=1S/C9H8NO/c10-6-5-8-1-3-9(7-11)4-2-8/h1-4,6,10H,5H2. The second kappa shape index (κ2) is 3.66. The van der Waals surface area contributed by atoms with Crippen LogP contribution in [0.1, 0.15) is 11.1 Å². The van der Waals surface area contributed by atoms with Crippen LogP contribution in [0.15, 0.2) is 24.3 Å². The summed E-state index contributed by atoms with van der Waals surface area (Å²) in [6.45, 7) is 0. The molecule has 0 saturated carbocycles. The lowest BCUT2D eigenvalue weighted by Crippen LogP contribution is -1.85. The molecule has 0 spiro atoms. The van der Waals surface area contributed by atoms with Gasteiger partial charge in [-0.2, -0.15) is 0 Å². The van der Waals surface area contributed by atoms with Crippen molar-refractivity contribution in [3.05, 3.63) is 35.4 Å². The lowest BCUT2D eigenvalue weighted by atomic mass is 10.1. The summed E-state index contributed by atoms with van der Waals surface area (Å²) in [5, 5.41) is 6.84. The molecule has 0 saturated heterocycles. The Bertz CT molecular complexity index is 251. The fourth-order valence-corrected chi connectivity index (χ4v) is 0.827. The molecule has 0 atom stereocenters. The van der Waals surface area contributed by atoms with E-state index in [1.807, 2.05) is 12.1 Å². The highest BCUT2D eigenvalue weighted by Gasteiger charge is 1.91. The molecule has 0 heterocycles. The molecule has 0 bridgehead atoms. The summed E-state index contributed by atoms with van der Waals surface area (Å²) in [5.74, 6) is 0. The molecule has 55 valence electrons. The van der Waals surface area contributed by atoms with Gasteiger partial charge in [0.15, 0.2) is 0 Å². The maximum Gasteiger partial charge on any atom is 0.233 e. The van der Waals surface area contributed by atoms with Crippen molar-refractivity contribution in [1.82, 2.24) is 0 Å². The third kappa shape index (κ3) is 2.00. The van der Waals surface area contributed by atoms with E-state index in [9.17, 15) is 4.79 Å². The first-order valence-electron chi connectivity index (χ1n) is 3.33. The lowest BCUT2D eigenvalue weighted by Gasteiger charge is -1.93. The quantitative estimate of drug-likeness (QED) is 0.642. The van der Waals surface area contributed by atoms with Crippen molar-refractivity contribution in [3.63, 3.8) is 0 Å². The van der Waals surface area contributed by atoms with Crippen LogP contribution in [0.25, 0.3) is 0 Å². The highest BCUT2D eigenvalue weighted by Crippen LogP contribution is 2.01. The minimum atomic E-state index is 0.554. The number of hydrogen-bond acceptors (Lipinski definition) is 2. The van der Waals surface area contributed by atoms with Gasteiger partial charge in [0.2, 0.25) is 6.29 Å². The van der Waals surface area contributed by atoms with Crippen molar-refractivity contribution >= 4 is 12.5 Å². The monoisotopic (exact) mass is 146 g/mol. The van der Waals surface area contributed by atoms with Gasteiger partial charge in [-0.1, -0.05) is 24.3 Å². The molecule has 0 aromatic heterocycles. The van der Waals surface area contributed by atoms with Crippen molar-refractivity contribution in [2.75, 3.05) is 0 Å². The van der Waals surface area contributed by atoms with E-state index in [0.717, 1.165) is 5.56 Å². The van der Waals surface area contributed by atoms with Crippen LogP contribution in [0.2, 0.25) is 0 Å². The minimum Gasteiger partial charge on any atom is -0.313 e. The molecular formula is C9H8NO.